The number of alkyl halides is 1. The molecule has 11 nitrogen and oxygen atoms in total. The Hall–Kier alpha value is -4.68. The molecule has 3 aromatic carbocycles. The molecule has 14 heteroatoms. The van der Waals surface area contributed by atoms with E-state index in [2.05, 4.69) is 20.6 Å². The van der Waals surface area contributed by atoms with Crippen molar-refractivity contribution in [1.29, 1.82) is 0 Å². The van der Waals surface area contributed by atoms with Gasteiger partial charge in [-0.1, -0.05) is 12.0 Å². The minimum atomic E-state index is -1.36. The maximum absolute atomic E-state index is 17.9. The van der Waals surface area contributed by atoms with E-state index in [9.17, 15) is 5.11 Å². The SMILES string of the molecule is C#Cc1c(F)ccc2cc(O)cc(-c3c(F)c4nc(OCC5(CN6CCC(F)(COC)C6)CC5)nc(N5C6CCC5CN(CC5COC5)C6)c4c4cn(C)nc34)c12. The molecule has 3 atom stereocenters. The van der Waals surface area contributed by atoms with Crippen LogP contribution >= 0.6 is 0 Å². The summed E-state index contributed by atoms with van der Waals surface area (Å²) < 4.78 is 67.2. The molecule has 2 aromatic heterocycles. The Balaban J connectivity index is 1.10. The van der Waals surface area contributed by atoms with Crippen molar-refractivity contribution in [2.75, 3.05) is 77.7 Å². The molecule has 1 aliphatic carbocycles. The van der Waals surface area contributed by atoms with Gasteiger partial charge < -0.3 is 24.2 Å². The highest BCUT2D eigenvalue weighted by molar-refractivity contribution is 6.18. The van der Waals surface area contributed by atoms with Crippen LogP contribution in [0, 0.1) is 35.3 Å². The van der Waals surface area contributed by atoms with Crippen molar-refractivity contribution in [2.45, 2.75) is 49.9 Å². The Morgan fingerprint density at radius 1 is 1.02 bits per heavy atom. The highest BCUT2D eigenvalue weighted by Crippen LogP contribution is 2.49. The lowest BCUT2D eigenvalue weighted by Crippen LogP contribution is -2.56. The maximum atomic E-state index is 17.9. The first-order valence-corrected chi connectivity index (χ1v) is 19.9. The molecule has 57 heavy (non-hydrogen) atoms. The minimum Gasteiger partial charge on any atom is -0.508 e. The number of hydrogen-bond acceptors (Lipinski definition) is 10. The average molecular weight is 782 g/mol. The smallest absolute Gasteiger partial charge is 0.319 e. The molecule has 1 saturated carbocycles. The average Bonchev–Trinajstić information content (AvgIpc) is 3.54. The molecule has 0 radical (unpaired) electrons. The fourth-order valence-electron chi connectivity index (χ4n) is 10.1. The minimum absolute atomic E-state index is 0.0404. The number of piperazine rings is 1. The Morgan fingerprint density at radius 3 is 2.51 bits per heavy atom. The number of methoxy groups -OCH3 is 1. The second kappa shape index (κ2) is 13.7. The van der Waals surface area contributed by atoms with Gasteiger partial charge in [0.2, 0.25) is 0 Å². The first kappa shape index (κ1) is 36.6. The molecular weight excluding hydrogens is 736 g/mol. The summed E-state index contributed by atoms with van der Waals surface area (Å²) in [6.45, 7) is 6.26. The number of halogens is 3. The summed E-state index contributed by atoms with van der Waals surface area (Å²) in [7, 11) is 3.29. The third-order valence-corrected chi connectivity index (χ3v) is 12.9. The maximum Gasteiger partial charge on any atom is 0.319 e. The molecule has 2 bridgehead atoms. The van der Waals surface area contributed by atoms with Gasteiger partial charge in [0.25, 0.3) is 0 Å². The van der Waals surface area contributed by atoms with E-state index in [1.165, 1.54) is 31.4 Å². The normalized spacial score (nSPS) is 24.8. The summed E-state index contributed by atoms with van der Waals surface area (Å²) in [5.41, 5.74) is -0.989. The van der Waals surface area contributed by atoms with Crippen LogP contribution in [0.2, 0.25) is 0 Å². The summed E-state index contributed by atoms with van der Waals surface area (Å²) in [5.74, 6) is 2.12. The standard InChI is InChI=1S/C43H46F3N7O4/c1-4-30-33(44)8-5-26-13-29(54)14-31(34(26)30)35-37(45)39-36(32-18-50(2)49-38(32)35)40(53-27-6-7-28(53)17-52(16-27)15-25-19-56-20-25)48-41(47-39)57-23-42(9-10-42)21-51-12-11-43(46,22-51)24-55-3/h1,5,8,13-14,18,25,27-28,54H,6-7,9-12,15-17,19-24H2,2-3H3. The first-order valence-electron chi connectivity index (χ1n) is 19.9. The number of benzene rings is 3. The lowest BCUT2D eigenvalue weighted by atomic mass is 9.91. The monoisotopic (exact) mass is 781 g/mol. The number of fused-ring (bicyclic) bond motifs is 6. The number of rotatable bonds is 11. The molecular formula is C43H46F3N7O4. The van der Waals surface area contributed by atoms with Gasteiger partial charge >= 0.3 is 6.01 Å². The third kappa shape index (κ3) is 6.34. The van der Waals surface area contributed by atoms with Gasteiger partial charge in [0.15, 0.2) is 5.82 Å². The zero-order valence-electron chi connectivity index (χ0n) is 32.2. The van der Waals surface area contributed by atoms with Gasteiger partial charge in [0.1, 0.15) is 34.1 Å². The van der Waals surface area contributed by atoms with Crippen molar-refractivity contribution in [1.82, 2.24) is 29.5 Å². The molecule has 0 spiro atoms. The summed E-state index contributed by atoms with van der Waals surface area (Å²) in [4.78, 5) is 17.0. The second-order valence-corrected chi connectivity index (χ2v) is 17.2. The van der Waals surface area contributed by atoms with Gasteiger partial charge in [0, 0.05) is 99.4 Å². The van der Waals surface area contributed by atoms with E-state index in [1.807, 2.05) is 6.20 Å². The van der Waals surface area contributed by atoms with Crippen LogP contribution < -0.4 is 9.64 Å². The van der Waals surface area contributed by atoms with Gasteiger partial charge in [-0.3, -0.25) is 14.5 Å². The van der Waals surface area contributed by atoms with Gasteiger partial charge in [-0.15, -0.1) is 6.42 Å². The predicted molar refractivity (Wildman–Crippen MR) is 210 cm³/mol. The number of terminal acetylenes is 1. The van der Waals surface area contributed by atoms with Crippen LogP contribution in [0.5, 0.6) is 11.8 Å². The van der Waals surface area contributed by atoms with Crippen LogP contribution in [-0.4, -0.2) is 125 Å². The van der Waals surface area contributed by atoms with Crippen molar-refractivity contribution < 1.29 is 32.5 Å². The van der Waals surface area contributed by atoms with Crippen molar-refractivity contribution >= 4 is 38.4 Å². The van der Waals surface area contributed by atoms with Crippen molar-refractivity contribution in [3.63, 3.8) is 0 Å². The van der Waals surface area contributed by atoms with Crippen LogP contribution in [-0.2, 0) is 16.5 Å². The van der Waals surface area contributed by atoms with Crippen LogP contribution in [0.3, 0.4) is 0 Å². The second-order valence-electron chi connectivity index (χ2n) is 17.2. The molecule has 298 valence electrons. The number of phenolic OH excluding ortho intramolecular Hbond substituents is 1. The lowest BCUT2D eigenvalue weighted by molar-refractivity contribution is -0.0484. The number of likely N-dealkylation sites (tertiary alicyclic amines) is 2. The molecule has 10 rings (SSSR count). The van der Waals surface area contributed by atoms with E-state index in [0.717, 1.165) is 58.5 Å². The first-order chi connectivity index (χ1) is 27.5. The number of anilines is 1. The molecule has 4 aliphatic heterocycles. The van der Waals surface area contributed by atoms with E-state index in [4.69, 9.17) is 35.7 Å². The molecule has 1 N–H and O–H groups in total. The number of aromatic hydroxyl groups is 1. The van der Waals surface area contributed by atoms with Gasteiger partial charge in [-0.2, -0.15) is 15.1 Å². The van der Waals surface area contributed by atoms with Crippen LogP contribution in [0.1, 0.15) is 37.7 Å². The highest BCUT2D eigenvalue weighted by Gasteiger charge is 2.49. The van der Waals surface area contributed by atoms with Crippen molar-refractivity contribution in [2.24, 2.45) is 18.4 Å². The van der Waals surface area contributed by atoms with Crippen molar-refractivity contribution in [3.8, 4) is 35.2 Å². The van der Waals surface area contributed by atoms with E-state index in [-0.39, 0.29) is 63.5 Å². The van der Waals surface area contributed by atoms with Gasteiger partial charge in [-0.05, 0) is 61.3 Å². The number of aromatic nitrogens is 4. The molecule has 3 unspecified atom stereocenters. The molecule has 5 aromatic rings. The largest absolute Gasteiger partial charge is 0.508 e. The van der Waals surface area contributed by atoms with E-state index in [1.54, 1.807) is 11.7 Å². The Labute approximate surface area is 328 Å². The zero-order valence-corrected chi connectivity index (χ0v) is 32.2. The van der Waals surface area contributed by atoms with Crippen LogP contribution in [0.4, 0.5) is 19.0 Å². The molecule has 5 aliphatic rings. The number of phenols is 1. The number of hydrogen-bond donors (Lipinski definition) is 1. The summed E-state index contributed by atoms with van der Waals surface area (Å²) >= 11 is 0. The van der Waals surface area contributed by atoms with E-state index in [0.29, 0.717) is 66.1 Å². The molecule has 5 fully saturated rings. The van der Waals surface area contributed by atoms with Crippen molar-refractivity contribution in [3.05, 3.63) is 47.7 Å². The van der Waals surface area contributed by atoms with Gasteiger partial charge in [-0.25, -0.2) is 13.2 Å². The Morgan fingerprint density at radius 2 is 1.81 bits per heavy atom. The van der Waals surface area contributed by atoms with E-state index < -0.39 is 17.3 Å². The summed E-state index contributed by atoms with van der Waals surface area (Å²) in [5, 5.41) is 17.6. The van der Waals surface area contributed by atoms with Gasteiger partial charge in [0.05, 0.1) is 37.4 Å². The highest BCUT2D eigenvalue weighted by atomic mass is 19.1. The van der Waals surface area contributed by atoms with Crippen LogP contribution in [0.25, 0.3) is 43.7 Å². The Kier molecular flexibility index (Phi) is 8.82. The number of nitrogens with zero attached hydrogens (tertiary/aromatic N) is 7. The molecule has 6 heterocycles. The van der Waals surface area contributed by atoms with Crippen LogP contribution in [0.15, 0.2) is 30.5 Å². The fraction of sp³-hybridized carbons (Fsp3) is 0.512. The fourth-order valence-corrected chi connectivity index (χ4v) is 10.1. The summed E-state index contributed by atoms with van der Waals surface area (Å²) in [6, 6.07) is 5.98. The number of aryl methyl sites for hydroxylation is 1. The zero-order chi connectivity index (χ0) is 39.2. The topological polar surface area (TPSA) is 101 Å². The van der Waals surface area contributed by atoms with E-state index >= 15 is 13.2 Å². The summed E-state index contributed by atoms with van der Waals surface area (Å²) in [6.07, 6.45) is 11.9. The lowest BCUT2D eigenvalue weighted by Gasteiger charge is -2.44. The Bertz CT molecular complexity index is 2450. The molecule has 0 amide bonds. The third-order valence-electron chi connectivity index (χ3n) is 12.9. The predicted octanol–water partition coefficient (Wildman–Crippen LogP) is 5.82. The number of ether oxygens (including phenoxy) is 3. The molecule has 4 saturated heterocycles. The quantitative estimate of drug-likeness (QED) is 0.165.